The van der Waals surface area contributed by atoms with Crippen molar-refractivity contribution in [1.82, 2.24) is 14.9 Å². The van der Waals surface area contributed by atoms with E-state index < -0.39 is 5.97 Å². The summed E-state index contributed by atoms with van der Waals surface area (Å²) in [6.45, 7) is 12.1. The lowest BCUT2D eigenvalue weighted by atomic mass is 9.96. The molecule has 4 aromatic rings. The van der Waals surface area contributed by atoms with Crippen molar-refractivity contribution >= 4 is 22.6 Å². The lowest BCUT2D eigenvalue weighted by Gasteiger charge is -2.33. The number of aryl methyl sites for hydroxylation is 2. The summed E-state index contributed by atoms with van der Waals surface area (Å²) in [6.07, 6.45) is 3.85. The second-order valence-electron chi connectivity index (χ2n) is 12.4. The van der Waals surface area contributed by atoms with Gasteiger partial charge in [0.05, 0.1) is 12.3 Å². The van der Waals surface area contributed by atoms with Crippen molar-refractivity contribution in [3.63, 3.8) is 0 Å². The predicted octanol–water partition coefficient (Wildman–Crippen LogP) is 6.73. The lowest BCUT2D eigenvalue weighted by molar-refractivity contribution is 0.0452. The molecular weight excluding hydrogens is 550 g/mol. The number of rotatable bonds is 11. The first-order valence-corrected chi connectivity index (χ1v) is 15.5. The highest BCUT2D eigenvalue weighted by Crippen LogP contribution is 2.30. The molecule has 1 fully saturated rings. The number of carbonyl (C=O) groups excluding carboxylic acids is 1. The minimum absolute atomic E-state index is 0.233. The zero-order valence-electron chi connectivity index (χ0n) is 26.3. The maximum Gasteiger partial charge on any atom is 0.355 e. The maximum absolute atomic E-state index is 13.0. The van der Waals surface area contributed by atoms with Crippen molar-refractivity contribution in [3.8, 4) is 11.5 Å². The zero-order valence-corrected chi connectivity index (χ0v) is 26.3. The second-order valence-corrected chi connectivity index (χ2v) is 12.4. The highest BCUT2D eigenvalue weighted by atomic mass is 16.5. The Morgan fingerprint density at radius 2 is 1.82 bits per heavy atom. The molecular formula is C36H45N5O3. The van der Waals surface area contributed by atoms with Gasteiger partial charge in [-0.2, -0.15) is 0 Å². The number of likely N-dealkylation sites (tertiary alicyclic amines) is 1. The number of H-pyrrole nitrogens is 1. The monoisotopic (exact) mass is 595 g/mol. The van der Waals surface area contributed by atoms with Crippen molar-refractivity contribution in [2.75, 3.05) is 26.2 Å². The number of hydrogen-bond acceptors (Lipinski definition) is 7. The molecule has 0 bridgehead atoms. The van der Waals surface area contributed by atoms with Gasteiger partial charge in [-0.25, -0.2) is 10.6 Å². The van der Waals surface area contributed by atoms with Crippen molar-refractivity contribution in [1.29, 1.82) is 0 Å². The summed E-state index contributed by atoms with van der Waals surface area (Å²) in [4.78, 5) is 18.7. The van der Waals surface area contributed by atoms with Crippen LogP contribution < -0.4 is 16.3 Å². The van der Waals surface area contributed by atoms with Gasteiger partial charge in [0.25, 0.3) is 0 Å². The molecule has 0 saturated carbocycles. The third-order valence-electron chi connectivity index (χ3n) is 8.09. The van der Waals surface area contributed by atoms with Crippen LogP contribution in [0.5, 0.6) is 11.5 Å². The fourth-order valence-corrected chi connectivity index (χ4v) is 5.79. The molecule has 0 amide bonds. The molecule has 0 spiro atoms. The van der Waals surface area contributed by atoms with E-state index >= 15 is 0 Å². The molecule has 1 aliphatic heterocycles. The highest BCUT2D eigenvalue weighted by molar-refractivity contribution is 6.04. The lowest BCUT2D eigenvalue weighted by Crippen LogP contribution is -2.39. The summed E-state index contributed by atoms with van der Waals surface area (Å²) >= 11 is 0. The Morgan fingerprint density at radius 3 is 2.52 bits per heavy atom. The zero-order chi connectivity index (χ0) is 31.2. The van der Waals surface area contributed by atoms with Crippen LogP contribution in [0, 0.1) is 25.7 Å². The number of carbonyl (C=O) groups is 1. The number of hydrazine groups is 1. The largest absolute Gasteiger partial charge is 0.461 e. The number of para-hydroxylation sites is 1. The van der Waals surface area contributed by atoms with E-state index in [2.05, 4.69) is 35.0 Å². The first kappa shape index (κ1) is 31.2. The van der Waals surface area contributed by atoms with Crippen LogP contribution in [0.3, 0.4) is 0 Å². The Hall–Kier alpha value is -4.27. The van der Waals surface area contributed by atoms with Crippen LogP contribution in [0.25, 0.3) is 16.6 Å². The van der Waals surface area contributed by atoms with E-state index in [0.717, 1.165) is 66.0 Å². The number of ether oxygens (including phenoxy) is 2. The molecule has 0 unspecified atom stereocenters. The Kier molecular flexibility index (Phi) is 9.92. The molecule has 1 aromatic heterocycles. The second kappa shape index (κ2) is 14.0. The van der Waals surface area contributed by atoms with Crippen molar-refractivity contribution < 1.29 is 14.3 Å². The molecule has 0 aliphatic carbocycles. The van der Waals surface area contributed by atoms with Crippen LogP contribution in [0.15, 0.2) is 72.9 Å². The van der Waals surface area contributed by atoms with E-state index in [4.69, 9.17) is 21.1 Å². The molecule has 3 aromatic carbocycles. The normalized spacial score (nSPS) is 14.7. The molecule has 2 heterocycles. The topological polar surface area (TPSA) is 110 Å². The molecule has 5 rings (SSSR count). The Balaban J connectivity index is 1.18. The van der Waals surface area contributed by atoms with Crippen LogP contribution in [0.4, 0.5) is 0 Å². The number of nitrogens with two attached hydrogens (primary N) is 2. The van der Waals surface area contributed by atoms with Gasteiger partial charge >= 0.3 is 5.97 Å². The fourth-order valence-electron chi connectivity index (χ4n) is 5.79. The minimum atomic E-state index is -0.414. The molecule has 232 valence electrons. The molecule has 8 heteroatoms. The molecule has 44 heavy (non-hydrogen) atoms. The molecule has 0 atom stereocenters. The number of hydrogen-bond donors (Lipinski definition) is 3. The van der Waals surface area contributed by atoms with Gasteiger partial charge in [0.1, 0.15) is 17.2 Å². The number of aromatic amines is 1. The van der Waals surface area contributed by atoms with Crippen LogP contribution >= 0.6 is 0 Å². The van der Waals surface area contributed by atoms with Crippen molar-refractivity contribution in [3.05, 3.63) is 101 Å². The van der Waals surface area contributed by atoms with E-state index in [-0.39, 0.29) is 5.92 Å². The van der Waals surface area contributed by atoms with Gasteiger partial charge in [0.15, 0.2) is 0 Å². The number of fused-ring (bicyclic) bond motifs is 1. The number of benzene rings is 3. The third kappa shape index (κ3) is 7.81. The van der Waals surface area contributed by atoms with E-state index in [1.165, 1.54) is 5.56 Å². The number of aromatic nitrogens is 1. The minimum Gasteiger partial charge on any atom is -0.461 e. The van der Waals surface area contributed by atoms with Gasteiger partial charge in [-0.1, -0.05) is 55.8 Å². The molecule has 5 N–H and O–H groups in total. The third-order valence-corrected chi connectivity index (χ3v) is 8.09. The van der Waals surface area contributed by atoms with Crippen molar-refractivity contribution in [2.24, 2.45) is 23.4 Å². The van der Waals surface area contributed by atoms with Crippen LogP contribution in [0.2, 0.25) is 0 Å². The van der Waals surface area contributed by atoms with Crippen LogP contribution in [-0.2, 0) is 11.3 Å². The fraction of sp³-hybridized carbons (Fsp3) is 0.361. The Labute approximate surface area is 260 Å². The summed E-state index contributed by atoms with van der Waals surface area (Å²) in [7, 11) is 0. The van der Waals surface area contributed by atoms with E-state index in [9.17, 15) is 4.79 Å². The average Bonchev–Trinajstić information content (AvgIpc) is 3.37. The molecule has 1 aliphatic rings. The summed E-state index contributed by atoms with van der Waals surface area (Å²) < 4.78 is 11.6. The van der Waals surface area contributed by atoms with Crippen LogP contribution in [0.1, 0.15) is 59.4 Å². The van der Waals surface area contributed by atoms with Gasteiger partial charge in [-0.05, 0) is 93.1 Å². The van der Waals surface area contributed by atoms with Gasteiger partial charge in [0, 0.05) is 35.8 Å². The standard InChI is InChI=1S/C36H45N5O3/c1-24(2)23-43-36(42)35-34(30-18-25(3)10-12-32(30)39-35)31(37)22-41(38)21-27-14-16-40(17-15-27)20-28-11-13-33(26(4)19-28)44-29-8-6-5-7-9-29/h5-13,18-19,22,24,27,39H,14-17,20-21,23,37-38H2,1-4H3/b31-22-. The molecule has 1 saturated heterocycles. The van der Waals surface area contributed by atoms with E-state index in [1.807, 2.05) is 69.3 Å². The quantitative estimate of drug-likeness (QED) is 0.100. The number of esters is 1. The first-order chi connectivity index (χ1) is 21.2. The summed E-state index contributed by atoms with van der Waals surface area (Å²) in [6, 6.07) is 22.3. The SMILES string of the molecule is Cc1ccc2[nH]c(C(=O)OCC(C)C)c(/C(N)=C/N(N)CC3CCN(Cc4ccc(Oc5ccccc5)c(C)c4)CC3)c2c1. The summed E-state index contributed by atoms with van der Waals surface area (Å²) in [5.41, 5.74) is 12.4. The Morgan fingerprint density at radius 1 is 1.07 bits per heavy atom. The average molecular weight is 596 g/mol. The number of nitrogens with one attached hydrogen (secondary N) is 1. The maximum atomic E-state index is 13.0. The van der Waals surface area contributed by atoms with Crippen LogP contribution in [-0.4, -0.2) is 47.1 Å². The van der Waals surface area contributed by atoms with E-state index in [1.54, 1.807) is 11.2 Å². The summed E-state index contributed by atoms with van der Waals surface area (Å²) in [5.74, 6) is 8.48. The number of piperidine rings is 1. The smallest absolute Gasteiger partial charge is 0.355 e. The van der Waals surface area contributed by atoms with E-state index in [0.29, 0.717) is 36.0 Å². The Bertz CT molecular complexity index is 1600. The van der Waals surface area contributed by atoms with Gasteiger partial charge in [-0.15, -0.1) is 0 Å². The van der Waals surface area contributed by atoms with Gasteiger partial charge < -0.3 is 25.2 Å². The molecule has 8 nitrogen and oxygen atoms in total. The van der Waals surface area contributed by atoms with Gasteiger partial charge in [0.2, 0.25) is 0 Å². The van der Waals surface area contributed by atoms with Crippen molar-refractivity contribution in [2.45, 2.75) is 47.1 Å². The highest BCUT2D eigenvalue weighted by Gasteiger charge is 2.23. The molecule has 0 radical (unpaired) electrons. The first-order valence-electron chi connectivity index (χ1n) is 15.5. The van der Waals surface area contributed by atoms with Gasteiger partial charge in [-0.3, -0.25) is 4.90 Å². The summed E-state index contributed by atoms with van der Waals surface area (Å²) in [5, 5.41) is 2.55. The number of nitrogens with zero attached hydrogens (tertiary/aromatic N) is 2. The predicted molar refractivity (Wildman–Crippen MR) is 177 cm³/mol.